The van der Waals surface area contributed by atoms with E-state index in [9.17, 15) is 0 Å². The zero-order chi connectivity index (χ0) is 9.71. The Hall–Kier alpha value is -1.20. The highest BCUT2D eigenvalue weighted by atomic mass is 32.1. The van der Waals surface area contributed by atoms with Crippen molar-refractivity contribution >= 4 is 39.3 Å². The van der Waals surface area contributed by atoms with Crippen LogP contribution >= 0.6 is 23.6 Å². The number of hydrogen-bond donors (Lipinski definition) is 1. The smallest absolute Gasteiger partial charge is 0.144 e. The quantitative estimate of drug-likeness (QED) is 0.592. The van der Waals surface area contributed by atoms with Crippen molar-refractivity contribution < 1.29 is 0 Å². The molecule has 3 heterocycles. The van der Waals surface area contributed by atoms with Crippen molar-refractivity contribution in [2.24, 2.45) is 0 Å². The van der Waals surface area contributed by atoms with E-state index in [1.54, 1.807) is 11.3 Å². The molecule has 70 valence electrons. The van der Waals surface area contributed by atoms with Crippen LogP contribution in [0.15, 0.2) is 17.5 Å². The Bertz CT molecular complexity index is 674. The summed E-state index contributed by atoms with van der Waals surface area (Å²) in [7, 11) is 0. The third kappa shape index (κ3) is 0.908. The maximum Gasteiger partial charge on any atom is 0.144 e. The Balaban J connectivity index is 2.75. The summed E-state index contributed by atoms with van der Waals surface area (Å²) in [4.78, 5) is 0. The molecule has 0 bridgehead atoms. The van der Waals surface area contributed by atoms with Gasteiger partial charge in [-0.25, -0.2) is 0 Å². The van der Waals surface area contributed by atoms with E-state index in [2.05, 4.69) is 32.1 Å². The molecule has 3 rings (SSSR count). The Morgan fingerprint density at radius 1 is 1.50 bits per heavy atom. The van der Waals surface area contributed by atoms with Gasteiger partial charge < -0.3 is 0 Å². The van der Waals surface area contributed by atoms with E-state index in [-0.39, 0.29) is 0 Å². The van der Waals surface area contributed by atoms with Crippen molar-refractivity contribution in [2.45, 2.75) is 6.92 Å². The van der Waals surface area contributed by atoms with Crippen LogP contribution in [0.1, 0.15) is 5.82 Å². The van der Waals surface area contributed by atoms with Crippen LogP contribution in [0.4, 0.5) is 0 Å². The second kappa shape index (κ2) is 2.65. The summed E-state index contributed by atoms with van der Waals surface area (Å²) in [5.41, 5.74) is 2.23. The number of aromatic amines is 1. The van der Waals surface area contributed by atoms with Crippen LogP contribution in [-0.2, 0) is 0 Å². The van der Waals surface area contributed by atoms with Crippen molar-refractivity contribution in [3.05, 3.63) is 28.0 Å². The summed E-state index contributed by atoms with van der Waals surface area (Å²) in [6, 6.07) is 4.20. The first-order valence-corrected chi connectivity index (χ1v) is 5.50. The molecule has 0 radical (unpaired) electrons. The predicted molar refractivity (Wildman–Crippen MR) is 60.5 cm³/mol. The van der Waals surface area contributed by atoms with E-state index in [1.165, 1.54) is 10.2 Å². The molecule has 5 heteroatoms. The lowest BCUT2D eigenvalue weighted by molar-refractivity contribution is 0.888. The second-order valence-electron chi connectivity index (χ2n) is 3.14. The topological polar surface area (TPSA) is 33.1 Å². The third-order valence-electron chi connectivity index (χ3n) is 2.30. The SMILES string of the molecule is Cc1n[nH]c(=S)c2cc3sccc3n12. The normalized spacial score (nSPS) is 11.5. The van der Waals surface area contributed by atoms with Gasteiger partial charge in [0.1, 0.15) is 10.5 Å². The van der Waals surface area contributed by atoms with Crippen LogP contribution in [0, 0.1) is 11.6 Å². The zero-order valence-electron chi connectivity index (χ0n) is 7.44. The molecule has 0 aliphatic rings. The first kappa shape index (κ1) is 8.14. The Morgan fingerprint density at radius 3 is 3.21 bits per heavy atom. The number of H-pyrrole nitrogens is 1. The third-order valence-corrected chi connectivity index (χ3v) is 3.45. The van der Waals surface area contributed by atoms with Gasteiger partial charge in [0.2, 0.25) is 0 Å². The van der Waals surface area contributed by atoms with Crippen LogP contribution in [-0.4, -0.2) is 14.6 Å². The maximum atomic E-state index is 5.19. The fourth-order valence-electron chi connectivity index (χ4n) is 1.68. The maximum absolute atomic E-state index is 5.19. The minimum Gasteiger partial charge on any atom is -0.293 e. The molecule has 14 heavy (non-hydrogen) atoms. The summed E-state index contributed by atoms with van der Waals surface area (Å²) in [6.45, 7) is 1.97. The van der Waals surface area contributed by atoms with E-state index >= 15 is 0 Å². The van der Waals surface area contributed by atoms with Gasteiger partial charge in [0, 0.05) is 0 Å². The van der Waals surface area contributed by atoms with Crippen molar-refractivity contribution in [2.75, 3.05) is 0 Å². The number of nitrogens with one attached hydrogen (secondary N) is 1. The highest BCUT2D eigenvalue weighted by Gasteiger charge is 2.07. The largest absolute Gasteiger partial charge is 0.293 e. The summed E-state index contributed by atoms with van der Waals surface area (Å²) in [5.74, 6) is 0.932. The number of aryl methyl sites for hydroxylation is 1. The first-order chi connectivity index (χ1) is 6.77. The summed E-state index contributed by atoms with van der Waals surface area (Å²) in [6.07, 6.45) is 0. The molecule has 0 atom stereocenters. The molecular formula is C9H7N3S2. The highest BCUT2D eigenvalue weighted by Crippen LogP contribution is 2.25. The average Bonchev–Trinajstić information content (AvgIpc) is 2.70. The zero-order valence-corrected chi connectivity index (χ0v) is 9.08. The lowest BCUT2D eigenvalue weighted by atomic mass is 10.5. The van der Waals surface area contributed by atoms with Gasteiger partial charge in [0.05, 0.1) is 15.7 Å². The first-order valence-electron chi connectivity index (χ1n) is 4.21. The minimum atomic E-state index is 0.694. The highest BCUT2D eigenvalue weighted by molar-refractivity contribution is 7.71. The molecular weight excluding hydrogens is 214 g/mol. The Morgan fingerprint density at radius 2 is 2.36 bits per heavy atom. The van der Waals surface area contributed by atoms with Crippen molar-refractivity contribution in [1.82, 2.24) is 14.6 Å². The van der Waals surface area contributed by atoms with Gasteiger partial charge in [0.25, 0.3) is 0 Å². The number of rotatable bonds is 0. The summed E-state index contributed by atoms with van der Waals surface area (Å²) < 4.78 is 4.03. The van der Waals surface area contributed by atoms with E-state index in [0.29, 0.717) is 4.64 Å². The van der Waals surface area contributed by atoms with Gasteiger partial charge in [-0.3, -0.25) is 9.50 Å². The molecule has 0 aromatic carbocycles. The predicted octanol–water partition coefficient (Wildman–Crippen LogP) is 2.92. The molecule has 3 aromatic rings. The van der Waals surface area contributed by atoms with E-state index in [1.807, 2.05) is 6.92 Å². The van der Waals surface area contributed by atoms with Crippen LogP contribution < -0.4 is 0 Å². The van der Waals surface area contributed by atoms with Crippen LogP contribution in [0.3, 0.4) is 0 Å². The molecule has 0 saturated heterocycles. The summed E-state index contributed by atoms with van der Waals surface area (Å²) in [5, 5.41) is 9.07. The van der Waals surface area contributed by atoms with Crippen molar-refractivity contribution in [3.8, 4) is 0 Å². The average molecular weight is 221 g/mol. The molecule has 0 fully saturated rings. The molecule has 0 saturated carbocycles. The van der Waals surface area contributed by atoms with Gasteiger partial charge in [-0.2, -0.15) is 5.10 Å². The van der Waals surface area contributed by atoms with Crippen LogP contribution in [0.25, 0.3) is 15.7 Å². The van der Waals surface area contributed by atoms with Gasteiger partial charge in [-0.05, 0) is 24.4 Å². The number of thiophene rings is 1. The van der Waals surface area contributed by atoms with E-state index in [0.717, 1.165) is 11.3 Å². The molecule has 0 aliphatic heterocycles. The molecule has 3 aromatic heterocycles. The molecule has 0 spiro atoms. The number of fused-ring (bicyclic) bond motifs is 3. The minimum absolute atomic E-state index is 0.694. The second-order valence-corrected chi connectivity index (χ2v) is 4.49. The van der Waals surface area contributed by atoms with Gasteiger partial charge in [0.15, 0.2) is 0 Å². The summed E-state index contributed by atoms with van der Waals surface area (Å²) >= 11 is 6.91. The van der Waals surface area contributed by atoms with E-state index < -0.39 is 0 Å². The molecule has 0 aliphatic carbocycles. The number of hydrogen-bond acceptors (Lipinski definition) is 3. The van der Waals surface area contributed by atoms with Gasteiger partial charge in [-0.15, -0.1) is 11.3 Å². The number of aromatic nitrogens is 3. The van der Waals surface area contributed by atoms with Crippen LogP contribution in [0.2, 0.25) is 0 Å². The number of nitrogens with zero attached hydrogens (tertiary/aromatic N) is 2. The van der Waals surface area contributed by atoms with Crippen molar-refractivity contribution in [1.29, 1.82) is 0 Å². The molecule has 1 N–H and O–H groups in total. The Kier molecular flexibility index (Phi) is 1.54. The van der Waals surface area contributed by atoms with Gasteiger partial charge in [-0.1, -0.05) is 12.2 Å². The lowest BCUT2D eigenvalue weighted by Gasteiger charge is -1.99. The monoisotopic (exact) mass is 221 g/mol. The fourth-order valence-corrected chi connectivity index (χ4v) is 2.68. The van der Waals surface area contributed by atoms with Gasteiger partial charge >= 0.3 is 0 Å². The van der Waals surface area contributed by atoms with E-state index in [4.69, 9.17) is 12.2 Å². The molecule has 3 nitrogen and oxygen atoms in total. The molecule has 0 amide bonds. The fraction of sp³-hybridized carbons (Fsp3) is 0.111. The van der Waals surface area contributed by atoms with Crippen LogP contribution in [0.5, 0.6) is 0 Å². The molecule has 0 unspecified atom stereocenters. The van der Waals surface area contributed by atoms with Crippen molar-refractivity contribution in [3.63, 3.8) is 0 Å². The lowest BCUT2D eigenvalue weighted by Crippen LogP contribution is -1.97. The Labute approximate surface area is 89.0 Å². The standard InChI is InChI=1S/C9H7N3S2/c1-5-10-11-9(13)7-4-8-6(12(5)7)2-3-14-8/h2-4H,1H3,(H,11,13).